The topological polar surface area (TPSA) is 79.3 Å². The van der Waals surface area contributed by atoms with Crippen molar-refractivity contribution in [1.82, 2.24) is 9.80 Å². The number of carboxylic acids is 1. The van der Waals surface area contributed by atoms with E-state index in [-0.39, 0.29) is 5.91 Å². The summed E-state index contributed by atoms with van der Waals surface area (Å²) in [5, 5.41) is 9.59. The quantitative estimate of drug-likeness (QED) is 0.710. The number of carbonyl (C=O) groups is 2. The summed E-state index contributed by atoms with van der Waals surface area (Å²) in [4.78, 5) is 28.7. The first-order chi connectivity index (χ1) is 11.5. The van der Waals surface area contributed by atoms with E-state index in [2.05, 4.69) is 4.90 Å². The highest BCUT2D eigenvalue weighted by Crippen LogP contribution is 2.57. The molecule has 2 bridgehead atoms. The molecule has 3 fully saturated rings. The van der Waals surface area contributed by atoms with Crippen molar-refractivity contribution in [1.29, 1.82) is 0 Å². The molecule has 1 amide bonds. The zero-order valence-corrected chi connectivity index (χ0v) is 13.9. The van der Waals surface area contributed by atoms with Crippen LogP contribution in [0.25, 0.3) is 0 Å². The maximum Gasteiger partial charge on any atom is 0.310 e. The fourth-order valence-corrected chi connectivity index (χ4v) is 4.73. The first-order valence-corrected chi connectivity index (χ1v) is 8.67. The molecule has 24 heavy (non-hydrogen) atoms. The molecule has 0 unspecified atom stereocenters. The van der Waals surface area contributed by atoms with E-state index in [1.807, 2.05) is 12.2 Å². The average molecular weight is 336 g/mol. The largest absolute Gasteiger partial charge is 0.481 e. The van der Waals surface area contributed by atoms with E-state index in [4.69, 9.17) is 9.47 Å². The van der Waals surface area contributed by atoms with Crippen molar-refractivity contribution in [3.05, 3.63) is 12.2 Å². The predicted octanol–water partition coefficient (Wildman–Crippen LogP) is -0.0346. The molecule has 4 atom stereocenters. The number of fused-ring (bicyclic) bond motifs is 1. The minimum absolute atomic E-state index is 0.0718. The van der Waals surface area contributed by atoms with Gasteiger partial charge >= 0.3 is 5.97 Å². The van der Waals surface area contributed by atoms with Gasteiger partial charge in [0, 0.05) is 26.2 Å². The van der Waals surface area contributed by atoms with E-state index in [1.165, 1.54) is 0 Å². The molecular weight excluding hydrogens is 312 g/mol. The van der Waals surface area contributed by atoms with Crippen LogP contribution < -0.4 is 0 Å². The van der Waals surface area contributed by atoms with Crippen molar-refractivity contribution in [2.24, 2.45) is 11.8 Å². The van der Waals surface area contributed by atoms with Crippen LogP contribution in [0.4, 0.5) is 0 Å². The molecule has 0 radical (unpaired) electrons. The van der Waals surface area contributed by atoms with E-state index in [9.17, 15) is 14.7 Å². The van der Waals surface area contributed by atoms with Gasteiger partial charge in [0.05, 0.1) is 31.3 Å². The minimum Gasteiger partial charge on any atom is -0.481 e. The standard InChI is InChI=1S/C17H24N2O5/c1-16-3-4-17(24-16)11-19(14(20)12(17)13(16)15(21)22)6-2-5-18-7-9-23-10-8-18/h3-4,12-13H,2,5-11H2,1H3,(H,21,22)/t12-,13-,16+,17-/m0/s1. The normalized spacial score (nSPS) is 41.2. The molecule has 1 N–H and O–H groups in total. The Balaban J connectivity index is 1.41. The summed E-state index contributed by atoms with van der Waals surface area (Å²) in [5.74, 6) is -2.40. The van der Waals surface area contributed by atoms with Gasteiger partial charge in [-0.05, 0) is 13.3 Å². The third kappa shape index (κ3) is 2.29. The van der Waals surface area contributed by atoms with Crippen molar-refractivity contribution < 1.29 is 24.2 Å². The van der Waals surface area contributed by atoms with Crippen molar-refractivity contribution in [3.8, 4) is 0 Å². The number of morpholine rings is 1. The second kappa shape index (κ2) is 5.54. The van der Waals surface area contributed by atoms with Gasteiger partial charge in [-0.1, -0.05) is 12.2 Å². The van der Waals surface area contributed by atoms with Gasteiger partial charge in [0.2, 0.25) is 5.91 Å². The number of ether oxygens (including phenoxy) is 2. The monoisotopic (exact) mass is 336 g/mol. The lowest BCUT2D eigenvalue weighted by molar-refractivity contribution is -0.150. The number of hydrogen-bond acceptors (Lipinski definition) is 5. The van der Waals surface area contributed by atoms with Crippen LogP contribution >= 0.6 is 0 Å². The molecule has 0 saturated carbocycles. The molecule has 1 spiro atoms. The van der Waals surface area contributed by atoms with Crippen LogP contribution in [0.15, 0.2) is 12.2 Å². The number of carboxylic acid groups (broad SMARTS) is 1. The smallest absolute Gasteiger partial charge is 0.310 e. The Morgan fingerprint density at radius 1 is 1.33 bits per heavy atom. The van der Waals surface area contributed by atoms with Gasteiger partial charge in [-0.25, -0.2) is 0 Å². The summed E-state index contributed by atoms with van der Waals surface area (Å²) in [6.07, 6.45) is 4.62. The van der Waals surface area contributed by atoms with Crippen LogP contribution in [0.3, 0.4) is 0 Å². The van der Waals surface area contributed by atoms with Crippen LogP contribution in [-0.2, 0) is 19.1 Å². The van der Waals surface area contributed by atoms with Crippen LogP contribution in [0.5, 0.6) is 0 Å². The van der Waals surface area contributed by atoms with Crippen molar-refractivity contribution in [2.75, 3.05) is 45.9 Å². The molecule has 4 aliphatic rings. The third-order valence-corrected chi connectivity index (χ3v) is 5.87. The second-order valence-corrected chi connectivity index (χ2v) is 7.44. The number of carbonyl (C=O) groups excluding carboxylic acids is 1. The fraction of sp³-hybridized carbons (Fsp3) is 0.765. The number of amides is 1. The molecule has 7 heteroatoms. The van der Waals surface area contributed by atoms with Gasteiger partial charge < -0.3 is 19.5 Å². The highest BCUT2D eigenvalue weighted by atomic mass is 16.5. The van der Waals surface area contributed by atoms with Gasteiger partial charge in [0.25, 0.3) is 0 Å². The van der Waals surface area contributed by atoms with Crippen molar-refractivity contribution >= 4 is 11.9 Å². The number of nitrogens with zero attached hydrogens (tertiary/aromatic N) is 2. The molecule has 0 aromatic heterocycles. The summed E-state index contributed by atoms with van der Waals surface area (Å²) < 4.78 is 11.4. The van der Waals surface area contributed by atoms with Crippen LogP contribution in [0.2, 0.25) is 0 Å². The minimum atomic E-state index is -0.947. The van der Waals surface area contributed by atoms with E-state index in [0.717, 1.165) is 39.3 Å². The van der Waals surface area contributed by atoms with E-state index in [1.54, 1.807) is 11.8 Å². The van der Waals surface area contributed by atoms with Crippen molar-refractivity contribution in [2.45, 2.75) is 24.5 Å². The molecule has 0 aromatic carbocycles. The molecule has 7 nitrogen and oxygen atoms in total. The van der Waals surface area contributed by atoms with Gasteiger partial charge in [-0.2, -0.15) is 0 Å². The third-order valence-electron chi connectivity index (χ3n) is 5.87. The fourth-order valence-electron chi connectivity index (χ4n) is 4.73. The summed E-state index contributed by atoms with van der Waals surface area (Å²) in [5.41, 5.74) is -1.60. The molecular formula is C17H24N2O5. The van der Waals surface area contributed by atoms with Gasteiger partial charge in [-0.15, -0.1) is 0 Å². The highest BCUT2D eigenvalue weighted by Gasteiger charge is 2.71. The number of hydrogen-bond donors (Lipinski definition) is 1. The summed E-state index contributed by atoms with van der Waals surface area (Å²) in [6, 6.07) is 0. The maximum absolute atomic E-state index is 12.8. The van der Waals surface area contributed by atoms with E-state index >= 15 is 0 Å². The predicted molar refractivity (Wildman–Crippen MR) is 84.4 cm³/mol. The molecule has 0 aliphatic carbocycles. The zero-order chi connectivity index (χ0) is 16.9. The van der Waals surface area contributed by atoms with Crippen LogP contribution in [0.1, 0.15) is 13.3 Å². The molecule has 3 saturated heterocycles. The van der Waals surface area contributed by atoms with Gasteiger partial charge in [-0.3, -0.25) is 14.5 Å². The average Bonchev–Trinajstić information content (AvgIpc) is 3.11. The molecule has 4 heterocycles. The second-order valence-electron chi connectivity index (χ2n) is 7.44. The Labute approximate surface area is 141 Å². The maximum atomic E-state index is 12.8. The Morgan fingerprint density at radius 2 is 2.08 bits per heavy atom. The van der Waals surface area contributed by atoms with E-state index < -0.39 is 29.0 Å². The summed E-state index contributed by atoms with van der Waals surface area (Å²) >= 11 is 0. The molecule has 4 aliphatic heterocycles. The lowest BCUT2D eigenvalue weighted by Gasteiger charge is -2.28. The van der Waals surface area contributed by atoms with E-state index in [0.29, 0.717) is 13.1 Å². The van der Waals surface area contributed by atoms with Crippen LogP contribution in [-0.4, -0.2) is 83.9 Å². The first-order valence-electron chi connectivity index (χ1n) is 8.67. The Morgan fingerprint density at radius 3 is 2.79 bits per heavy atom. The summed E-state index contributed by atoms with van der Waals surface area (Å²) in [7, 11) is 0. The molecule has 0 aromatic rings. The van der Waals surface area contributed by atoms with Crippen molar-refractivity contribution in [3.63, 3.8) is 0 Å². The number of likely N-dealkylation sites (tertiary alicyclic amines) is 1. The Kier molecular flexibility index (Phi) is 3.71. The summed E-state index contributed by atoms with van der Waals surface area (Å²) in [6.45, 7) is 7.23. The Hall–Kier alpha value is -1.44. The Bertz CT molecular complexity index is 588. The number of aliphatic carboxylic acids is 1. The van der Waals surface area contributed by atoms with Gasteiger partial charge in [0.15, 0.2) is 0 Å². The number of rotatable bonds is 5. The van der Waals surface area contributed by atoms with Crippen LogP contribution in [0, 0.1) is 11.8 Å². The van der Waals surface area contributed by atoms with Gasteiger partial charge in [0.1, 0.15) is 11.5 Å². The SMILES string of the molecule is C[C@@]12C=C[C@@]3(CN(CCCN4CCOCC4)C(=O)[C@@H]3[C@H]1C(=O)O)O2. The lowest BCUT2D eigenvalue weighted by Crippen LogP contribution is -2.43. The zero-order valence-electron chi connectivity index (χ0n) is 13.9. The first kappa shape index (κ1) is 16.1. The molecule has 132 valence electrons. The highest BCUT2D eigenvalue weighted by molar-refractivity contribution is 5.91. The molecule has 4 rings (SSSR count). The lowest BCUT2D eigenvalue weighted by atomic mass is 9.72.